The summed E-state index contributed by atoms with van der Waals surface area (Å²) in [5, 5.41) is 12.9. The SMILES string of the molecule is CCCNc1nc(SC(C)C)nc2c1cnn2CCNC(=O)c1ccccc1SC. The van der Waals surface area contributed by atoms with E-state index >= 15 is 0 Å². The van der Waals surface area contributed by atoms with E-state index in [4.69, 9.17) is 4.98 Å². The van der Waals surface area contributed by atoms with E-state index in [1.165, 1.54) is 0 Å². The van der Waals surface area contributed by atoms with Gasteiger partial charge in [-0.05, 0) is 24.8 Å². The van der Waals surface area contributed by atoms with Gasteiger partial charge in [0.2, 0.25) is 0 Å². The van der Waals surface area contributed by atoms with Crippen molar-refractivity contribution in [2.24, 2.45) is 0 Å². The lowest BCUT2D eigenvalue weighted by Gasteiger charge is -2.11. The number of aromatic nitrogens is 4. The minimum Gasteiger partial charge on any atom is -0.369 e. The summed E-state index contributed by atoms with van der Waals surface area (Å²) in [5.41, 5.74) is 1.48. The molecule has 30 heavy (non-hydrogen) atoms. The number of thioether (sulfide) groups is 2. The van der Waals surface area contributed by atoms with E-state index in [0.717, 1.165) is 39.9 Å². The smallest absolute Gasteiger partial charge is 0.252 e. The molecule has 1 aromatic carbocycles. The molecule has 2 N–H and O–H groups in total. The average molecular weight is 445 g/mol. The van der Waals surface area contributed by atoms with Gasteiger partial charge in [-0.25, -0.2) is 14.6 Å². The molecule has 0 aliphatic heterocycles. The van der Waals surface area contributed by atoms with E-state index in [1.54, 1.807) is 29.7 Å². The minimum atomic E-state index is -0.0765. The zero-order valence-corrected chi connectivity index (χ0v) is 19.4. The van der Waals surface area contributed by atoms with Crippen LogP contribution in [0.1, 0.15) is 37.6 Å². The molecule has 0 aliphatic carbocycles. The summed E-state index contributed by atoms with van der Waals surface area (Å²) >= 11 is 3.19. The summed E-state index contributed by atoms with van der Waals surface area (Å²) < 4.78 is 1.83. The van der Waals surface area contributed by atoms with Crippen LogP contribution in [-0.4, -0.2) is 50.3 Å². The third-order valence-corrected chi connectivity index (χ3v) is 5.98. The minimum absolute atomic E-state index is 0.0765. The molecule has 0 saturated heterocycles. The first-order valence-corrected chi connectivity index (χ1v) is 12.2. The van der Waals surface area contributed by atoms with Gasteiger partial charge in [0.25, 0.3) is 5.91 Å². The lowest BCUT2D eigenvalue weighted by atomic mass is 10.2. The number of nitrogens with zero attached hydrogens (tertiary/aromatic N) is 4. The normalized spacial score (nSPS) is 11.2. The molecule has 0 atom stereocenters. The highest BCUT2D eigenvalue weighted by Gasteiger charge is 2.15. The molecule has 2 heterocycles. The zero-order chi connectivity index (χ0) is 21.5. The Morgan fingerprint density at radius 1 is 1.20 bits per heavy atom. The van der Waals surface area contributed by atoms with Crippen LogP contribution in [0.2, 0.25) is 0 Å². The first kappa shape index (κ1) is 22.4. The van der Waals surface area contributed by atoms with Crippen molar-refractivity contribution in [1.29, 1.82) is 0 Å². The van der Waals surface area contributed by atoms with Gasteiger partial charge >= 0.3 is 0 Å². The topological polar surface area (TPSA) is 84.7 Å². The van der Waals surface area contributed by atoms with E-state index in [-0.39, 0.29) is 5.91 Å². The van der Waals surface area contributed by atoms with E-state index in [9.17, 15) is 4.79 Å². The number of nitrogens with one attached hydrogen (secondary N) is 2. The molecule has 160 valence electrons. The predicted molar refractivity (Wildman–Crippen MR) is 126 cm³/mol. The summed E-state index contributed by atoms with van der Waals surface area (Å²) in [5.74, 6) is 0.738. The van der Waals surface area contributed by atoms with Crippen LogP contribution >= 0.6 is 23.5 Å². The maximum absolute atomic E-state index is 12.6. The molecule has 0 spiro atoms. The van der Waals surface area contributed by atoms with Crippen LogP contribution in [-0.2, 0) is 6.54 Å². The van der Waals surface area contributed by atoms with E-state index < -0.39 is 0 Å². The van der Waals surface area contributed by atoms with Gasteiger partial charge in [0.1, 0.15) is 5.82 Å². The number of carbonyl (C=O) groups excluding carboxylic acids is 1. The second kappa shape index (κ2) is 10.7. The molecule has 0 radical (unpaired) electrons. The number of fused-ring (bicyclic) bond motifs is 1. The summed E-state index contributed by atoms with van der Waals surface area (Å²) in [6, 6.07) is 7.62. The second-order valence-corrected chi connectivity index (χ2v) is 9.40. The Balaban J connectivity index is 1.76. The van der Waals surface area contributed by atoms with Crippen LogP contribution in [0.25, 0.3) is 11.0 Å². The molecule has 0 saturated carbocycles. The Bertz CT molecular complexity index is 1000. The molecule has 0 aliphatic rings. The summed E-state index contributed by atoms with van der Waals surface area (Å²) in [6.45, 7) is 8.21. The Hall–Kier alpha value is -2.26. The molecule has 2 aromatic heterocycles. The first-order valence-electron chi connectivity index (χ1n) is 10.1. The van der Waals surface area contributed by atoms with E-state index in [1.807, 2.05) is 35.2 Å². The quantitative estimate of drug-likeness (QED) is 0.356. The van der Waals surface area contributed by atoms with Gasteiger partial charge in [-0.2, -0.15) is 5.10 Å². The van der Waals surface area contributed by atoms with E-state index in [0.29, 0.717) is 23.9 Å². The summed E-state index contributed by atoms with van der Waals surface area (Å²) in [6.07, 6.45) is 4.77. The van der Waals surface area contributed by atoms with Crippen molar-refractivity contribution in [3.05, 3.63) is 36.0 Å². The van der Waals surface area contributed by atoms with Crippen LogP contribution in [0.4, 0.5) is 5.82 Å². The fourth-order valence-corrected chi connectivity index (χ4v) is 4.24. The van der Waals surface area contributed by atoms with Crippen LogP contribution < -0.4 is 10.6 Å². The Morgan fingerprint density at radius 2 is 2.00 bits per heavy atom. The average Bonchev–Trinajstić information content (AvgIpc) is 3.14. The number of hydrogen-bond donors (Lipinski definition) is 2. The number of amides is 1. The molecule has 0 fully saturated rings. The lowest BCUT2D eigenvalue weighted by molar-refractivity contribution is 0.0949. The van der Waals surface area contributed by atoms with Crippen molar-refractivity contribution in [3.8, 4) is 0 Å². The number of carbonyl (C=O) groups is 1. The molecule has 7 nitrogen and oxygen atoms in total. The Kier molecular flexibility index (Phi) is 7.98. The standard InChI is InChI=1S/C21H28N6OS2/c1-5-10-22-18-16-13-24-27(19(16)26-21(25-18)30-14(2)3)12-11-23-20(28)15-8-6-7-9-17(15)29-4/h6-9,13-14H,5,10-12H2,1-4H3,(H,23,28)(H,22,25,26). The molecule has 3 rings (SSSR count). The fraction of sp³-hybridized carbons (Fsp3) is 0.429. The fourth-order valence-electron chi connectivity index (χ4n) is 2.94. The highest BCUT2D eigenvalue weighted by atomic mass is 32.2. The lowest BCUT2D eigenvalue weighted by Crippen LogP contribution is -2.28. The van der Waals surface area contributed by atoms with Crippen LogP contribution in [0.15, 0.2) is 40.5 Å². The number of benzene rings is 1. The Morgan fingerprint density at radius 3 is 2.73 bits per heavy atom. The van der Waals surface area contributed by atoms with Crippen LogP contribution in [0, 0.1) is 0 Å². The number of rotatable bonds is 10. The maximum atomic E-state index is 12.6. The predicted octanol–water partition coefficient (Wildman–Crippen LogP) is 4.30. The molecular formula is C21H28N6OS2. The molecule has 3 aromatic rings. The monoisotopic (exact) mass is 444 g/mol. The Labute approximate surface area is 185 Å². The maximum Gasteiger partial charge on any atom is 0.252 e. The van der Waals surface area contributed by atoms with Crippen molar-refractivity contribution in [2.75, 3.05) is 24.7 Å². The van der Waals surface area contributed by atoms with Crippen LogP contribution in [0.3, 0.4) is 0 Å². The van der Waals surface area contributed by atoms with Gasteiger partial charge in [-0.15, -0.1) is 11.8 Å². The molecular weight excluding hydrogens is 416 g/mol. The second-order valence-electron chi connectivity index (χ2n) is 7.01. The van der Waals surface area contributed by atoms with Crippen molar-refractivity contribution < 1.29 is 4.79 Å². The summed E-state index contributed by atoms with van der Waals surface area (Å²) in [7, 11) is 0. The van der Waals surface area contributed by atoms with Gasteiger partial charge < -0.3 is 10.6 Å². The van der Waals surface area contributed by atoms with Gasteiger partial charge in [0.05, 0.1) is 23.7 Å². The number of hydrogen-bond acceptors (Lipinski definition) is 7. The first-order chi connectivity index (χ1) is 14.5. The van der Waals surface area contributed by atoms with Gasteiger partial charge in [0.15, 0.2) is 10.8 Å². The zero-order valence-electron chi connectivity index (χ0n) is 17.8. The molecule has 0 bridgehead atoms. The summed E-state index contributed by atoms with van der Waals surface area (Å²) in [4.78, 5) is 22.9. The van der Waals surface area contributed by atoms with Gasteiger partial charge in [0, 0.05) is 23.2 Å². The molecule has 1 amide bonds. The molecule has 9 heteroatoms. The highest BCUT2D eigenvalue weighted by molar-refractivity contribution is 7.99. The van der Waals surface area contributed by atoms with Crippen molar-refractivity contribution >= 4 is 46.3 Å². The largest absolute Gasteiger partial charge is 0.369 e. The molecule has 0 unspecified atom stereocenters. The van der Waals surface area contributed by atoms with Crippen LogP contribution in [0.5, 0.6) is 0 Å². The van der Waals surface area contributed by atoms with Crippen molar-refractivity contribution in [2.45, 2.75) is 49.0 Å². The van der Waals surface area contributed by atoms with Gasteiger partial charge in [-0.3, -0.25) is 4.79 Å². The van der Waals surface area contributed by atoms with Gasteiger partial charge in [-0.1, -0.05) is 44.7 Å². The van der Waals surface area contributed by atoms with Crippen molar-refractivity contribution in [1.82, 2.24) is 25.1 Å². The number of anilines is 1. The van der Waals surface area contributed by atoms with Crippen molar-refractivity contribution in [3.63, 3.8) is 0 Å². The van der Waals surface area contributed by atoms with E-state index in [2.05, 4.69) is 41.5 Å². The third-order valence-electron chi connectivity index (χ3n) is 4.32. The highest BCUT2D eigenvalue weighted by Crippen LogP contribution is 2.26. The third kappa shape index (κ3) is 5.46.